The average molecular weight is 298 g/mol. The van der Waals surface area contributed by atoms with Crippen molar-refractivity contribution in [1.82, 2.24) is 4.90 Å². The van der Waals surface area contributed by atoms with Crippen LogP contribution in [0, 0.1) is 10.1 Å². The summed E-state index contributed by atoms with van der Waals surface area (Å²) in [7, 11) is 1.94. The predicted octanol–water partition coefficient (Wildman–Crippen LogP) is 3.69. The van der Waals surface area contributed by atoms with Crippen molar-refractivity contribution < 1.29 is 9.66 Å². The molecule has 0 amide bonds. The van der Waals surface area contributed by atoms with Gasteiger partial charge in [0.05, 0.1) is 10.5 Å². The van der Waals surface area contributed by atoms with E-state index in [4.69, 9.17) is 4.74 Å². The quantitative estimate of drug-likeness (QED) is 0.640. The molecular weight excluding hydrogens is 280 g/mol. The van der Waals surface area contributed by atoms with Crippen LogP contribution in [-0.2, 0) is 4.74 Å². The number of para-hydroxylation sites is 1. The number of nitro groups is 1. The van der Waals surface area contributed by atoms with E-state index >= 15 is 0 Å². The van der Waals surface area contributed by atoms with Crippen molar-refractivity contribution in [3.05, 3.63) is 75.8 Å². The van der Waals surface area contributed by atoms with Gasteiger partial charge in [0.25, 0.3) is 5.69 Å². The second-order valence-corrected chi connectivity index (χ2v) is 5.54. The first-order valence-corrected chi connectivity index (χ1v) is 7.25. The molecule has 0 bridgehead atoms. The molecule has 0 N–H and O–H groups in total. The van der Waals surface area contributed by atoms with E-state index in [-0.39, 0.29) is 22.8 Å². The summed E-state index contributed by atoms with van der Waals surface area (Å²) in [5, 5.41) is 11.2. The molecule has 22 heavy (non-hydrogen) atoms. The smallest absolute Gasteiger partial charge is 0.276 e. The molecule has 0 radical (unpaired) electrons. The van der Waals surface area contributed by atoms with Crippen molar-refractivity contribution in [2.45, 2.75) is 25.3 Å². The topological polar surface area (TPSA) is 55.6 Å². The fourth-order valence-electron chi connectivity index (χ4n) is 2.93. The molecule has 3 rings (SSSR count). The van der Waals surface area contributed by atoms with Gasteiger partial charge in [0.15, 0.2) is 0 Å². The van der Waals surface area contributed by atoms with Crippen molar-refractivity contribution in [3.63, 3.8) is 0 Å². The molecule has 5 nitrogen and oxygen atoms in total. The summed E-state index contributed by atoms with van der Waals surface area (Å²) in [6.45, 7) is 2.08. The van der Waals surface area contributed by atoms with Crippen LogP contribution < -0.4 is 0 Å². The maximum atomic E-state index is 11.2. The molecule has 1 saturated heterocycles. The Balaban J connectivity index is 1.95. The molecule has 0 unspecified atom stereocenters. The highest BCUT2D eigenvalue weighted by Gasteiger charge is 2.41. The summed E-state index contributed by atoms with van der Waals surface area (Å²) >= 11 is 0. The fraction of sp³-hybridized carbons (Fsp3) is 0.294. The van der Waals surface area contributed by atoms with E-state index < -0.39 is 6.23 Å². The number of rotatable bonds is 3. The van der Waals surface area contributed by atoms with Gasteiger partial charge in [-0.1, -0.05) is 42.5 Å². The number of benzene rings is 2. The molecular formula is C17H18N2O3. The third kappa shape index (κ3) is 2.49. The van der Waals surface area contributed by atoms with Gasteiger partial charge < -0.3 is 4.74 Å². The summed E-state index contributed by atoms with van der Waals surface area (Å²) in [5.74, 6) is 0. The van der Waals surface area contributed by atoms with Crippen LogP contribution in [0.1, 0.15) is 30.4 Å². The largest absolute Gasteiger partial charge is 0.349 e. The molecule has 0 aliphatic carbocycles. The molecule has 1 aliphatic heterocycles. The summed E-state index contributed by atoms with van der Waals surface area (Å²) in [6, 6.07) is 16.9. The van der Waals surface area contributed by atoms with Crippen LogP contribution in [0.5, 0.6) is 0 Å². The van der Waals surface area contributed by atoms with Gasteiger partial charge in [-0.15, -0.1) is 0 Å². The second kappa shape index (κ2) is 5.87. The number of nitro benzene ring substituents is 1. The van der Waals surface area contributed by atoms with E-state index in [0.29, 0.717) is 5.56 Å². The van der Waals surface area contributed by atoms with Crippen LogP contribution in [-0.4, -0.2) is 22.9 Å². The predicted molar refractivity (Wildman–Crippen MR) is 83.3 cm³/mol. The lowest BCUT2D eigenvalue weighted by atomic mass is 10.0. The second-order valence-electron chi connectivity index (χ2n) is 5.54. The zero-order valence-electron chi connectivity index (χ0n) is 12.5. The first kappa shape index (κ1) is 14.7. The summed E-state index contributed by atoms with van der Waals surface area (Å²) < 4.78 is 6.17. The minimum absolute atomic E-state index is 0.0975. The number of likely N-dealkylation sites (N-methyl/N-ethyl adjacent to an activating group) is 1. The molecule has 1 fully saturated rings. The molecule has 0 aromatic heterocycles. The summed E-state index contributed by atoms with van der Waals surface area (Å²) in [5.41, 5.74) is 1.78. The van der Waals surface area contributed by atoms with Crippen LogP contribution in [0.2, 0.25) is 0 Å². The van der Waals surface area contributed by atoms with Crippen LogP contribution in [0.25, 0.3) is 0 Å². The van der Waals surface area contributed by atoms with Crippen LogP contribution in [0.3, 0.4) is 0 Å². The van der Waals surface area contributed by atoms with Crippen molar-refractivity contribution in [2.24, 2.45) is 0 Å². The van der Waals surface area contributed by atoms with E-state index in [1.165, 1.54) is 6.07 Å². The highest BCUT2D eigenvalue weighted by molar-refractivity contribution is 5.42. The number of hydrogen-bond acceptors (Lipinski definition) is 4. The maximum Gasteiger partial charge on any atom is 0.276 e. The van der Waals surface area contributed by atoms with Gasteiger partial charge >= 0.3 is 0 Å². The Morgan fingerprint density at radius 2 is 1.73 bits per heavy atom. The molecule has 0 saturated carbocycles. The molecule has 2 aromatic carbocycles. The summed E-state index contributed by atoms with van der Waals surface area (Å²) in [6.07, 6.45) is -0.516. The lowest BCUT2D eigenvalue weighted by Gasteiger charge is -2.21. The minimum Gasteiger partial charge on any atom is -0.349 e. The first-order valence-electron chi connectivity index (χ1n) is 7.25. The zero-order chi connectivity index (χ0) is 15.7. The molecule has 1 aliphatic rings. The van der Waals surface area contributed by atoms with Crippen LogP contribution in [0.4, 0.5) is 5.69 Å². The average Bonchev–Trinajstić information content (AvgIpc) is 2.84. The highest BCUT2D eigenvalue weighted by atomic mass is 16.6. The lowest BCUT2D eigenvalue weighted by Crippen LogP contribution is -2.27. The van der Waals surface area contributed by atoms with Crippen molar-refractivity contribution >= 4 is 5.69 Å². The van der Waals surface area contributed by atoms with Gasteiger partial charge in [0.2, 0.25) is 0 Å². The van der Waals surface area contributed by atoms with Gasteiger partial charge in [0.1, 0.15) is 12.3 Å². The zero-order valence-corrected chi connectivity index (χ0v) is 12.5. The van der Waals surface area contributed by atoms with Gasteiger partial charge in [-0.3, -0.25) is 15.0 Å². The Morgan fingerprint density at radius 1 is 1.09 bits per heavy atom. The van der Waals surface area contributed by atoms with E-state index in [1.807, 2.05) is 42.3 Å². The Bertz CT molecular complexity index is 675. The Morgan fingerprint density at radius 3 is 2.41 bits per heavy atom. The minimum atomic E-state index is -0.415. The third-order valence-corrected chi connectivity index (χ3v) is 4.25. The molecule has 114 valence electrons. The van der Waals surface area contributed by atoms with Crippen LogP contribution in [0.15, 0.2) is 54.6 Å². The van der Waals surface area contributed by atoms with Crippen molar-refractivity contribution in [2.75, 3.05) is 7.05 Å². The monoisotopic (exact) mass is 298 g/mol. The molecule has 0 spiro atoms. The highest BCUT2D eigenvalue weighted by Crippen LogP contribution is 2.43. The Labute approximate surface area is 129 Å². The first-order chi connectivity index (χ1) is 10.6. The van der Waals surface area contributed by atoms with E-state index in [2.05, 4.69) is 6.92 Å². The molecule has 3 atom stereocenters. The Kier molecular flexibility index (Phi) is 3.92. The number of hydrogen-bond donors (Lipinski definition) is 0. The molecule has 2 aromatic rings. The fourth-order valence-corrected chi connectivity index (χ4v) is 2.93. The van der Waals surface area contributed by atoms with E-state index in [0.717, 1.165) is 5.56 Å². The van der Waals surface area contributed by atoms with Gasteiger partial charge in [0, 0.05) is 12.1 Å². The summed E-state index contributed by atoms with van der Waals surface area (Å²) in [4.78, 5) is 12.9. The van der Waals surface area contributed by atoms with Crippen molar-refractivity contribution in [3.8, 4) is 0 Å². The normalized spacial score (nSPS) is 25.3. The van der Waals surface area contributed by atoms with Gasteiger partial charge in [-0.25, -0.2) is 0 Å². The number of ether oxygens (including phenoxy) is 1. The number of nitrogens with zero attached hydrogens (tertiary/aromatic N) is 2. The SMILES string of the molecule is C[C@@H]1[C@H](c2ccccc2)O[C@H](c2ccccc2[N+](=O)[O-])N1C. The maximum absolute atomic E-state index is 11.2. The van der Waals surface area contributed by atoms with Gasteiger partial charge in [-0.05, 0) is 25.6 Å². The van der Waals surface area contributed by atoms with E-state index in [9.17, 15) is 10.1 Å². The molecule has 5 heteroatoms. The molecule has 1 heterocycles. The standard InChI is InChI=1S/C17H18N2O3/c1-12-16(13-8-4-3-5-9-13)22-17(18(12)2)14-10-6-7-11-15(14)19(20)21/h3-12,16-17H,1-2H3/t12-,16-,17-/m1/s1. The Hall–Kier alpha value is -2.24. The third-order valence-electron chi connectivity index (χ3n) is 4.25. The lowest BCUT2D eigenvalue weighted by molar-refractivity contribution is -0.386. The van der Waals surface area contributed by atoms with Gasteiger partial charge in [-0.2, -0.15) is 0 Å². The van der Waals surface area contributed by atoms with E-state index in [1.54, 1.807) is 18.2 Å². The van der Waals surface area contributed by atoms with Crippen molar-refractivity contribution in [1.29, 1.82) is 0 Å². The van der Waals surface area contributed by atoms with Crippen LogP contribution >= 0.6 is 0 Å².